The first-order valence-corrected chi connectivity index (χ1v) is 8.44. The molecule has 26 heavy (non-hydrogen) atoms. The number of ether oxygens (including phenoxy) is 1. The number of hydrogen-bond acceptors (Lipinski definition) is 4. The van der Waals surface area contributed by atoms with Gasteiger partial charge < -0.3 is 14.1 Å². The highest BCUT2D eigenvalue weighted by Gasteiger charge is 2.24. The molecule has 2 aromatic heterocycles. The van der Waals surface area contributed by atoms with E-state index in [1.54, 1.807) is 31.3 Å². The molecule has 1 aromatic carbocycles. The molecule has 0 spiro atoms. The summed E-state index contributed by atoms with van der Waals surface area (Å²) in [6.45, 7) is 2.27. The number of amides is 1. The zero-order valence-electron chi connectivity index (χ0n) is 15.2. The first-order chi connectivity index (χ1) is 12.6. The van der Waals surface area contributed by atoms with Crippen molar-refractivity contribution in [3.8, 4) is 11.3 Å². The summed E-state index contributed by atoms with van der Waals surface area (Å²) in [4.78, 5) is 19.1. The van der Waals surface area contributed by atoms with E-state index in [0.717, 1.165) is 22.8 Å². The van der Waals surface area contributed by atoms with Crippen molar-refractivity contribution in [3.05, 3.63) is 77.8 Å². The summed E-state index contributed by atoms with van der Waals surface area (Å²) in [6, 6.07) is 16.7. The molecular weight excluding hydrogens is 328 g/mol. The molecule has 3 aromatic rings. The van der Waals surface area contributed by atoms with Crippen molar-refractivity contribution in [1.82, 2.24) is 9.88 Å². The Morgan fingerprint density at radius 1 is 1.19 bits per heavy atom. The monoisotopic (exact) mass is 350 g/mol. The molecule has 5 heteroatoms. The van der Waals surface area contributed by atoms with Gasteiger partial charge in [-0.05, 0) is 43.3 Å². The Balaban J connectivity index is 1.87. The van der Waals surface area contributed by atoms with Crippen LogP contribution in [-0.2, 0) is 4.74 Å². The van der Waals surface area contributed by atoms with Crippen LogP contribution < -0.4 is 0 Å². The summed E-state index contributed by atoms with van der Waals surface area (Å²) < 4.78 is 11.0. The van der Waals surface area contributed by atoms with Crippen LogP contribution in [0.5, 0.6) is 0 Å². The molecule has 2 heterocycles. The Kier molecular flexibility index (Phi) is 5.49. The molecule has 0 saturated carbocycles. The molecule has 3 rings (SSSR count). The Hall–Kier alpha value is -2.92. The minimum atomic E-state index is -0.261. The van der Waals surface area contributed by atoms with Crippen LogP contribution in [0.4, 0.5) is 0 Å². The molecule has 134 valence electrons. The number of aryl methyl sites for hydroxylation is 1. The van der Waals surface area contributed by atoms with Gasteiger partial charge in [0.15, 0.2) is 0 Å². The maximum Gasteiger partial charge on any atom is 0.254 e. The van der Waals surface area contributed by atoms with Crippen LogP contribution in [0.1, 0.15) is 27.9 Å². The van der Waals surface area contributed by atoms with Crippen molar-refractivity contribution in [2.45, 2.75) is 13.0 Å². The number of aromatic nitrogens is 1. The number of likely N-dealkylation sites (N-methyl/N-ethyl adjacent to an activating group) is 1. The third-order valence-electron chi connectivity index (χ3n) is 4.28. The van der Waals surface area contributed by atoms with E-state index in [2.05, 4.69) is 4.98 Å². The van der Waals surface area contributed by atoms with Gasteiger partial charge in [-0.15, -0.1) is 0 Å². The van der Waals surface area contributed by atoms with Crippen molar-refractivity contribution >= 4 is 5.91 Å². The molecule has 0 bridgehead atoms. The molecular formula is C21H22N2O3. The van der Waals surface area contributed by atoms with E-state index in [4.69, 9.17) is 9.15 Å². The third-order valence-corrected chi connectivity index (χ3v) is 4.28. The van der Waals surface area contributed by atoms with Gasteiger partial charge in [-0.25, -0.2) is 0 Å². The molecule has 1 amide bonds. The maximum absolute atomic E-state index is 13.0. The van der Waals surface area contributed by atoms with Crippen molar-refractivity contribution < 1.29 is 13.9 Å². The fraction of sp³-hybridized carbons (Fsp3) is 0.238. The number of methoxy groups -OCH3 is 1. The predicted octanol–water partition coefficient (Wildman–Crippen LogP) is 4.11. The van der Waals surface area contributed by atoms with E-state index in [9.17, 15) is 4.79 Å². The second kappa shape index (κ2) is 7.97. The first kappa shape index (κ1) is 17.9. The van der Waals surface area contributed by atoms with E-state index in [0.29, 0.717) is 12.2 Å². The smallest absolute Gasteiger partial charge is 0.254 e. The average molecular weight is 350 g/mol. The molecule has 0 aliphatic carbocycles. The predicted molar refractivity (Wildman–Crippen MR) is 99.8 cm³/mol. The molecule has 0 aliphatic rings. The van der Waals surface area contributed by atoms with Crippen LogP contribution in [0.2, 0.25) is 0 Å². The van der Waals surface area contributed by atoms with E-state index < -0.39 is 0 Å². The number of carbonyl (C=O) groups is 1. The zero-order valence-corrected chi connectivity index (χ0v) is 15.2. The summed E-state index contributed by atoms with van der Waals surface area (Å²) in [7, 11) is 3.39. The zero-order chi connectivity index (χ0) is 18.5. The highest BCUT2D eigenvalue weighted by molar-refractivity contribution is 5.95. The highest BCUT2D eigenvalue weighted by atomic mass is 16.5. The van der Waals surface area contributed by atoms with Crippen LogP contribution in [0.25, 0.3) is 11.3 Å². The van der Waals surface area contributed by atoms with Gasteiger partial charge in [0.05, 0.1) is 18.3 Å². The van der Waals surface area contributed by atoms with Gasteiger partial charge in [-0.3, -0.25) is 9.78 Å². The SMILES string of the molecule is COCC(c1ccccn1)N(C)C(=O)c1cccc(-c2ccc(C)o2)c1. The lowest BCUT2D eigenvalue weighted by Gasteiger charge is -2.27. The molecule has 0 saturated heterocycles. The third kappa shape index (κ3) is 3.83. The quantitative estimate of drug-likeness (QED) is 0.671. The lowest BCUT2D eigenvalue weighted by molar-refractivity contribution is 0.0595. The first-order valence-electron chi connectivity index (χ1n) is 8.44. The van der Waals surface area contributed by atoms with E-state index in [-0.39, 0.29) is 11.9 Å². The maximum atomic E-state index is 13.0. The summed E-state index contributed by atoms with van der Waals surface area (Å²) in [5, 5.41) is 0. The van der Waals surface area contributed by atoms with Gasteiger partial charge in [0.1, 0.15) is 11.5 Å². The van der Waals surface area contributed by atoms with Crippen LogP contribution in [0.15, 0.2) is 65.2 Å². The second-order valence-corrected chi connectivity index (χ2v) is 6.13. The number of rotatable bonds is 6. The molecule has 0 radical (unpaired) electrons. The molecule has 0 N–H and O–H groups in total. The van der Waals surface area contributed by atoms with Gasteiger partial charge in [-0.1, -0.05) is 18.2 Å². The summed E-state index contributed by atoms with van der Waals surface area (Å²) in [5.74, 6) is 1.49. The highest BCUT2D eigenvalue weighted by Crippen LogP contribution is 2.25. The number of furan rings is 1. The van der Waals surface area contributed by atoms with Gasteiger partial charge >= 0.3 is 0 Å². The number of pyridine rings is 1. The van der Waals surface area contributed by atoms with Crippen molar-refractivity contribution in [3.63, 3.8) is 0 Å². The van der Waals surface area contributed by atoms with E-state index >= 15 is 0 Å². The van der Waals surface area contributed by atoms with Gasteiger partial charge in [0.2, 0.25) is 0 Å². The summed E-state index contributed by atoms with van der Waals surface area (Å²) in [6.07, 6.45) is 1.72. The molecule has 0 aliphatic heterocycles. The van der Waals surface area contributed by atoms with Gasteiger partial charge in [-0.2, -0.15) is 0 Å². The van der Waals surface area contributed by atoms with Crippen molar-refractivity contribution in [1.29, 1.82) is 0 Å². The fourth-order valence-corrected chi connectivity index (χ4v) is 2.87. The molecule has 5 nitrogen and oxygen atoms in total. The van der Waals surface area contributed by atoms with E-state index in [1.807, 2.05) is 55.5 Å². The minimum absolute atomic E-state index is 0.0946. The Morgan fingerprint density at radius 2 is 2.04 bits per heavy atom. The standard InChI is InChI=1S/C21H22N2O3/c1-15-10-11-20(26-15)16-7-6-8-17(13-16)21(24)23(2)19(14-25-3)18-9-4-5-12-22-18/h4-13,19H,14H2,1-3H3. The Bertz CT molecular complexity index is 874. The lowest BCUT2D eigenvalue weighted by atomic mass is 10.1. The van der Waals surface area contributed by atoms with Gasteiger partial charge in [0, 0.05) is 31.5 Å². The largest absolute Gasteiger partial charge is 0.461 e. The molecule has 1 atom stereocenters. The van der Waals surface area contributed by atoms with Gasteiger partial charge in [0.25, 0.3) is 5.91 Å². The average Bonchev–Trinajstić information content (AvgIpc) is 3.12. The number of nitrogens with zero attached hydrogens (tertiary/aromatic N) is 2. The summed E-state index contributed by atoms with van der Waals surface area (Å²) in [5.41, 5.74) is 2.26. The summed E-state index contributed by atoms with van der Waals surface area (Å²) >= 11 is 0. The molecule has 0 fully saturated rings. The van der Waals surface area contributed by atoms with Crippen LogP contribution in [0.3, 0.4) is 0 Å². The topological polar surface area (TPSA) is 55.6 Å². The van der Waals surface area contributed by atoms with Crippen LogP contribution in [0, 0.1) is 6.92 Å². The number of benzene rings is 1. The Labute approximate surface area is 153 Å². The number of hydrogen-bond donors (Lipinski definition) is 0. The number of carbonyl (C=O) groups excluding carboxylic acids is 1. The normalized spacial score (nSPS) is 12.0. The van der Waals surface area contributed by atoms with E-state index in [1.165, 1.54) is 0 Å². The van der Waals surface area contributed by atoms with Crippen molar-refractivity contribution in [2.24, 2.45) is 0 Å². The van der Waals surface area contributed by atoms with Crippen LogP contribution in [-0.4, -0.2) is 36.6 Å². The molecule has 1 unspecified atom stereocenters. The fourth-order valence-electron chi connectivity index (χ4n) is 2.87. The Morgan fingerprint density at radius 3 is 2.69 bits per heavy atom. The second-order valence-electron chi connectivity index (χ2n) is 6.13. The lowest BCUT2D eigenvalue weighted by Crippen LogP contribution is -2.34. The van der Waals surface area contributed by atoms with Crippen LogP contribution >= 0.6 is 0 Å². The minimum Gasteiger partial charge on any atom is -0.461 e. The van der Waals surface area contributed by atoms with Crippen molar-refractivity contribution in [2.75, 3.05) is 20.8 Å².